The maximum atomic E-state index is 13.8. The summed E-state index contributed by atoms with van der Waals surface area (Å²) < 4.78 is 67.9. The van der Waals surface area contributed by atoms with E-state index in [1.807, 2.05) is 0 Å². The van der Waals surface area contributed by atoms with E-state index in [9.17, 15) is 21.2 Å². The highest BCUT2D eigenvalue weighted by molar-refractivity contribution is 7.92. The van der Waals surface area contributed by atoms with Gasteiger partial charge in [0, 0.05) is 28.2 Å². The first-order valence-electron chi connectivity index (χ1n) is 8.42. The summed E-state index contributed by atoms with van der Waals surface area (Å²) >= 11 is 5.87. The first-order valence-corrected chi connectivity index (χ1v) is 11.9. The number of halogens is 2. The van der Waals surface area contributed by atoms with Crippen molar-refractivity contribution in [3.63, 3.8) is 0 Å². The molecule has 0 aliphatic carbocycles. The fourth-order valence-electron chi connectivity index (χ4n) is 2.46. The molecule has 0 amide bonds. The summed E-state index contributed by atoms with van der Waals surface area (Å²) in [6, 6.07) is 10.5. The van der Waals surface area contributed by atoms with Crippen molar-refractivity contribution in [2.75, 3.05) is 9.44 Å². The van der Waals surface area contributed by atoms with Gasteiger partial charge in [0.15, 0.2) is 0 Å². The smallest absolute Gasteiger partial charge is 0.264 e. The lowest BCUT2D eigenvalue weighted by Gasteiger charge is -2.11. The Kier molecular flexibility index (Phi) is 6.25. The molecule has 0 spiro atoms. The van der Waals surface area contributed by atoms with Crippen molar-refractivity contribution in [1.82, 2.24) is 9.97 Å². The Balaban J connectivity index is 1.75. The molecule has 2 N–H and O–H groups in total. The molecule has 12 heteroatoms. The number of sulfonamides is 2. The predicted molar refractivity (Wildman–Crippen MR) is 112 cm³/mol. The number of aryl methyl sites for hydroxylation is 1. The van der Waals surface area contributed by atoms with Gasteiger partial charge in [0.1, 0.15) is 5.82 Å². The number of aromatic nitrogens is 2. The highest BCUT2D eigenvalue weighted by Gasteiger charge is 2.19. The van der Waals surface area contributed by atoms with Crippen molar-refractivity contribution in [3.05, 3.63) is 76.8 Å². The molecule has 0 saturated heterocycles. The SMILES string of the molecule is Cc1ccnc(NS(=O)(=O)c2ccc(NS(=O)(=O)Cc3c(F)cccc3Cl)cc2)n1. The van der Waals surface area contributed by atoms with Crippen LogP contribution in [0.5, 0.6) is 0 Å². The molecule has 0 bridgehead atoms. The molecule has 0 aliphatic heterocycles. The minimum Gasteiger partial charge on any atom is -0.283 e. The Morgan fingerprint density at radius 3 is 2.33 bits per heavy atom. The summed E-state index contributed by atoms with van der Waals surface area (Å²) in [5.74, 6) is -1.49. The third kappa shape index (κ3) is 5.43. The molecular formula is C18H16ClFN4O4S2. The van der Waals surface area contributed by atoms with Gasteiger partial charge in [-0.3, -0.25) is 4.72 Å². The van der Waals surface area contributed by atoms with E-state index < -0.39 is 31.6 Å². The summed E-state index contributed by atoms with van der Waals surface area (Å²) in [5.41, 5.74) is 0.531. The topological polar surface area (TPSA) is 118 Å². The van der Waals surface area contributed by atoms with Crippen LogP contribution in [-0.2, 0) is 25.8 Å². The number of nitrogens with zero attached hydrogens (tertiary/aromatic N) is 2. The van der Waals surface area contributed by atoms with E-state index >= 15 is 0 Å². The van der Waals surface area contributed by atoms with Gasteiger partial charge >= 0.3 is 0 Å². The molecule has 1 aromatic heterocycles. The summed E-state index contributed by atoms with van der Waals surface area (Å²) in [4.78, 5) is 7.69. The van der Waals surface area contributed by atoms with Crippen LogP contribution in [0.25, 0.3) is 0 Å². The van der Waals surface area contributed by atoms with Gasteiger partial charge in [-0.1, -0.05) is 17.7 Å². The molecule has 0 unspecified atom stereocenters. The van der Waals surface area contributed by atoms with Crippen LogP contribution in [0.2, 0.25) is 5.02 Å². The van der Waals surface area contributed by atoms with Crippen LogP contribution in [-0.4, -0.2) is 26.8 Å². The number of hydrogen-bond acceptors (Lipinski definition) is 6. The number of nitrogens with one attached hydrogen (secondary N) is 2. The molecule has 2 aromatic carbocycles. The van der Waals surface area contributed by atoms with Crippen LogP contribution in [0.1, 0.15) is 11.3 Å². The van der Waals surface area contributed by atoms with Crippen LogP contribution in [0.4, 0.5) is 16.0 Å². The first-order chi connectivity index (χ1) is 14.1. The van der Waals surface area contributed by atoms with Crippen molar-refractivity contribution in [2.45, 2.75) is 17.6 Å². The Hall–Kier alpha value is -2.76. The monoisotopic (exact) mass is 470 g/mol. The number of benzene rings is 2. The lowest BCUT2D eigenvalue weighted by Crippen LogP contribution is -2.17. The Morgan fingerprint density at radius 1 is 1.00 bits per heavy atom. The standard InChI is InChI=1S/C18H16ClFN4O4S2/c1-12-9-10-21-18(22-12)24-30(27,28)14-7-5-13(6-8-14)23-29(25,26)11-15-16(19)3-2-4-17(15)20/h2-10,23H,11H2,1H3,(H,21,22,24). The van der Waals surface area contributed by atoms with Crippen LogP contribution >= 0.6 is 11.6 Å². The normalized spacial score (nSPS) is 11.8. The van der Waals surface area contributed by atoms with E-state index in [1.165, 1.54) is 42.6 Å². The fourth-order valence-corrected chi connectivity index (χ4v) is 4.96. The Morgan fingerprint density at radius 2 is 1.70 bits per heavy atom. The lowest BCUT2D eigenvalue weighted by atomic mass is 10.2. The van der Waals surface area contributed by atoms with Crippen molar-refractivity contribution in [2.24, 2.45) is 0 Å². The average Bonchev–Trinajstić information content (AvgIpc) is 2.65. The van der Waals surface area contributed by atoms with Gasteiger partial charge in [0.2, 0.25) is 16.0 Å². The Labute approximate surface area is 178 Å². The number of rotatable bonds is 7. The van der Waals surface area contributed by atoms with Gasteiger partial charge in [-0.2, -0.15) is 0 Å². The Bertz CT molecular complexity index is 1260. The summed E-state index contributed by atoms with van der Waals surface area (Å²) in [6.07, 6.45) is 1.42. The fraction of sp³-hybridized carbons (Fsp3) is 0.111. The molecule has 30 heavy (non-hydrogen) atoms. The molecule has 3 rings (SSSR count). The first kappa shape index (κ1) is 21.9. The number of hydrogen-bond donors (Lipinski definition) is 2. The van der Waals surface area contributed by atoms with Crippen LogP contribution in [0, 0.1) is 12.7 Å². The minimum atomic E-state index is -3.99. The van der Waals surface area contributed by atoms with E-state index in [1.54, 1.807) is 13.0 Å². The molecule has 8 nitrogen and oxygen atoms in total. The zero-order chi connectivity index (χ0) is 21.9. The quantitative estimate of drug-likeness (QED) is 0.546. The van der Waals surface area contributed by atoms with Gasteiger partial charge in [-0.05, 0) is 49.4 Å². The third-order valence-corrected chi connectivity index (χ3v) is 6.77. The van der Waals surface area contributed by atoms with Crippen molar-refractivity contribution in [1.29, 1.82) is 0 Å². The predicted octanol–water partition coefficient (Wildman–Crippen LogP) is 3.32. The third-order valence-electron chi connectivity index (χ3n) is 3.85. The molecule has 0 radical (unpaired) electrons. The van der Waals surface area contributed by atoms with Crippen LogP contribution < -0.4 is 9.44 Å². The summed E-state index contributed by atoms with van der Waals surface area (Å²) in [5, 5.41) is -0.00809. The highest BCUT2D eigenvalue weighted by atomic mass is 35.5. The second-order valence-corrected chi connectivity index (χ2v) is 10.0. The lowest BCUT2D eigenvalue weighted by molar-refractivity contribution is 0.591. The van der Waals surface area contributed by atoms with E-state index in [2.05, 4.69) is 19.4 Å². The molecule has 0 atom stereocenters. The summed E-state index contributed by atoms with van der Waals surface area (Å²) in [7, 11) is -7.96. The van der Waals surface area contributed by atoms with Gasteiger partial charge in [-0.25, -0.2) is 35.9 Å². The molecule has 0 fully saturated rings. The van der Waals surface area contributed by atoms with Crippen LogP contribution in [0.3, 0.4) is 0 Å². The van der Waals surface area contributed by atoms with Gasteiger partial charge in [-0.15, -0.1) is 0 Å². The maximum Gasteiger partial charge on any atom is 0.264 e. The molecule has 0 aliphatic rings. The minimum absolute atomic E-state index is 0.00809. The van der Waals surface area contributed by atoms with Gasteiger partial charge in [0.25, 0.3) is 10.0 Å². The maximum absolute atomic E-state index is 13.8. The zero-order valence-corrected chi connectivity index (χ0v) is 17.9. The second-order valence-electron chi connectivity index (χ2n) is 6.21. The second kappa shape index (κ2) is 8.54. The van der Waals surface area contributed by atoms with E-state index in [4.69, 9.17) is 11.6 Å². The summed E-state index contributed by atoms with van der Waals surface area (Å²) in [6.45, 7) is 1.69. The van der Waals surface area contributed by atoms with Crippen molar-refractivity contribution in [3.8, 4) is 0 Å². The average molecular weight is 471 g/mol. The van der Waals surface area contributed by atoms with Crippen LogP contribution in [0.15, 0.2) is 59.6 Å². The molecule has 1 heterocycles. The van der Waals surface area contributed by atoms with E-state index in [0.29, 0.717) is 5.69 Å². The van der Waals surface area contributed by atoms with E-state index in [-0.39, 0.29) is 27.1 Å². The van der Waals surface area contributed by atoms with E-state index in [0.717, 1.165) is 6.07 Å². The largest absolute Gasteiger partial charge is 0.283 e. The van der Waals surface area contributed by atoms with Crippen molar-refractivity contribution >= 4 is 43.3 Å². The highest BCUT2D eigenvalue weighted by Crippen LogP contribution is 2.23. The molecular weight excluding hydrogens is 455 g/mol. The molecule has 158 valence electrons. The molecule has 0 saturated carbocycles. The number of anilines is 2. The zero-order valence-electron chi connectivity index (χ0n) is 15.5. The van der Waals surface area contributed by atoms with Gasteiger partial charge in [0.05, 0.1) is 10.6 Å². The van der Waals surface area contributed by atoms with Gasteiger partial charge < -0.3 is 0 Å². The molecule has 3 aromatic rings. The van der Waals surface area contributed by atoms with Crippen molar-refractivity contribution < 1.29 is 21.2 Å².